The lowest BCUT2D eigenvalue weighted by molar-refractivity contribution is -0.712. The molecule has 0 bridgehead atoms. The van der Waals surface area contributed by atoms with E-state index in [0.29, 0.717) is 0 Å². The maximum atomic E-state index is 8.84. The van der Waals surface area contributed by atoms with Crippen LogP contribution < -0.4 is 9.80 Å². The molecule has 0 amide bonds. The number of fused-ring (bicyclic) bond motifs is 11. The molecule has 0 saturated heterocycles. The van der Waals surface area contributed by atoms with Crippen molar-refractivity contribution in [2.45, 2.75) is 57.5 Å². The number of rotatable bonds is 11. The van der Waals surface area contributed by atoms with Gasteiger partial charge in [-0.15, -0.1) is 0 Å². The highest BCUT2D eigenvalue weighted by Crippen LogP contribution is 2.54. The second-order valence-corrected chi connectivity index (χ2v) is 23.2. The van der Waals surface area contributed by atoms with Crippen LogP contribution in [0.3, 0.4) is 0 Å². The van der Waals surface area contributed by atoms with Gasteiger partial charge in [-0.1, -0.05) is 202 Å². The van der Waals surface area contributed by atoms with Crippen LogP contribution in [-0.2, 0) is 56.7 Å². The lowest BCUT2D eigenvalue weighted by Crippen LogP contribution is -2.25. The molecule has 84 heavy (non-hydrogen) atoms. The van der Waals surface area contributed by atoms with Crippen LogP contribution in [-0.4, -0.2) is 5.26 Å². The molecule has 15 rings (SSSR count). The van der Waals surface area contributed by atoms with Crippen molar-refractivity contribution in [2.75, 3.05) is 9.80 Å². The summed E-state index contributed by atoms with van der Waals surface area (Å²) in [5.74, 6) is 0. The first-order valence-electron chi connectivity index (χ1n) is 29.0. The fraction of sp³-hybridized carbons (Fsp3) is 0.117. The number of hydrogen-bond donors (Lipinski definition) is 1. The van der Waals surface area contributed by atoms with E-state index in [9.17, 15) is 0 Å². The van der Waals surface area contributed by atoms with Crippen LogP contribution in [0.15, 0.2) is 237 Å². The molecule has 11 aromatic carbocycles. The zero-order valence-corrected chi connectivity index (χ0v) is 47.1. The molecular weight excluding hydrogens is 1030 g/mol. The second kappa shape index (κ2) is 20.5. The van der Waals surface area contributed by atoms with Crippen molar-refractivity contribution in [3.05, 3.63) is 293 Å². The maximum absolute atomic E-state index is 8.84. The molecule has 7 heteroatoms. The molecule has 7 nitrogen and oxygen atoms in total. The van der Waals surface area contributed by atoms with Crippen LogP contribution in [0.5, 0.6) is 0 Å². The van der Waals surface area contributed by atoms with Crippen LogP contribution >= 0.6 is 0 Å². The van der Waals surface area contributed by atoms with E-state index in [4.69, 9.17) is 21.8 Å². The Labute approximate surface area is 489 Å². The minimum absolute atomic E-state index is 0.217. The Morgan fingerprint density at radius 3 is 1.58 bits per heavy atom. The zero-order chi connectivity index (χ0) is 56.7. The average Bonchev–Trinajstić information content (AvgIpc) is 1.50. The fourth-order valence-electron chi connectivity index (χ4n) is 14.4. The molecule has 1 unspecified atom stereocenters. The number of para-hydroxylation sites is 4. The third-order valence-corrected chi connectivity index (χ3v) is 18.4. The Morgan fingerprint density at radius 1 is 0.429 bits per heavy atom. The number of anilines is 5. The molecule has 0 aromatic heterocycles. The van der Waals surface area contributed by atoms with Gasteiger partial charge in [-0.05, 0) is 224 Å². The second-order valence-electron chi connectivity index (χ2n) is 23.2. The normalized spacial score (nSPS) is 16.0. The third kappa shape index (κ3) is 8.22. The summed E-state index contributed by atoms with van der Waals surface area (Å²) in [6.45, 7) is 11.4. The first-order chi connectivity index (χ1) is 41.2. The Hall–Kier alpha value is -9.44. The van der Waals surface area contributed by atoms with E-state index in [-0.39, 0.29) is 5.41 Å². The molecule has 1 atom stereocenters. The Bertz CT molecular complexity index is 4400. The lowest BCUT2D eigenvalue weighted by atomic mass is 9.79. The SMILES string of the molecule is C=Cc1c(/C=C/N2c3ccccc3CCc3ccccc32)c(-c2ccc3c(c2)C(C)(C)c2ccccc2-3)c2ccc(N3c4ccccc4CCc4ccccc43)cc2c1-c1ccc(-c2ccc3c(c2)-c2ccccc2C3(C)OOOOO)cc1. The monoisotopic (exact) mass is 1090 g/mol. The first kappa shape index (κ1) is 51.4. The molecule has 4 aliphatic rings. The highest BCUT2D eigenvalue weighted by atomic mass is 17.8. The largest absolute Gasteiger partial charge is 0.317 e. The Kier molecular flexibility index (Phi) is 12.5. The standard InChI is InChI=1S/C77H60N2O5/c1-5-58-63(44-45-78-70-26-14-6-18-50(70)32-33-51-19-7-15-27-71(51)78)75(56-38-41-61-59-22-10-12-24-66(59)76(2,3)69(61)47-56)62-42-40-57(79-72-28-16-8-20-52(72)34-35-53-21-9-17-29-73(53)79)48-65(62)74(58)54-36-30-49(31-37-54)55-39-43-68-64(46-55)60-23-11-13-25-67(60)77(68,4)81-83-84-82-80/h5-31,36-48,80H,1,32-35H2,2-4H3/b45-44+. The summed E-state index contributed by atoms with van der Waals surface area (Å²) in [5.41, 5.74) is 27.6. The van der Waals surface area contributed by atoms with Crippen molar-refractivity contribution in [3.8, 4) is 55.6 Å². The van der Waals surface area contributed by atoms with E-state index >= 15 is 0 Å². The smallest absolute Gasteiger partial charge is 0.155 e. The Balaban J connectivity index is 0.978. The molecule has 0 radical (unpaired) electrons. The predicted molar refractivity (Wildman–Crippen MR) is 340 cm³/mol. The van der Waals surface area contributed by atoms with E-state index < -0.39 is 5.60 Å². The van der Waals surface area contributed by atoms with Crippen molar-refractivity contribution >= 4 is 51.4 Å². The first-order valence-corrected chi connectivity index (χ1v) is 29.0. The van der Waals surface area contributed by atoms with Gasteiger partial charge in [0, 0.05) is 40.1 Å². The van der Waals surface area contributed by atoms with Crippen LogP contribution in [0, 0.1) is 0 Å². The van der Waals surface area contributed by atoms with E-state index in [1.807, 2.05) is 25.1 Å². The van der Waals surface area contributed by atoms with Crippen molar-refractivity contribution in [1.82, 2.24) is 0 Å². The van der Waals surface area contributed by atoms with Gasteiger partial charge in [0.05, 0.1) is 0 Å². The van der Waals surface area contributed by atoms with Crippen LogP contribution in [0.2, 0.25) is 0 Å². The molecular formula is C77H60N2O5. The molecule has 1 N–H and O–H groups in total. The minimum atomic E-state index is -1.04. The summed E-state index contributed by atoms with van der Waals surface area (Å²) in [4.78, 5) is 10.7. The quantitative estimate of drug-likeness (QED) is 0.0786. The van der Waals surface area contributed by atoms with E-state index in [1.54, 1.807) is 0 Å². The number of aryl methyl sites for hydroxylation is 4. The zero-order valence-electron chi connectivity index (χ0n) is 47.1. The van der Waals surface area contributed by atoms with Crippen LogP contribution in [0.4, 0.5) is 28.4 Å². The Morgan fingerprint density at radius 2 is 0.940 bits per heavy atom. The van der Waals surface area contributed by atoms with Crippen molar-refractivity contribution < 1.29 is 25.3 Å². The summed E-state index contributed by atoms with van der Waals surface area (Å²) in [6, 6.07) is 82.3. The van der Waals surface area contributed by atoms with Gasteiger partial charge in [0.2, 0.25) is 0 Å². The maximum Gasteiger partial charge on any atom is 0.155 e. The predicted octanol–water partition coefficient (Wildman–Crippen LogP) is 19.8. The highest BCUT2D eigenvalue weighted by molar-refractivity contribution is 6.13. The van der Waals surface area contributed by atoms with Gasteiger partial charge in [-0.2, -0.15) is 4.89 Å². The summed E-state index contributed by atoms with van der Waals surface area (Å²) in [7, 11) is 0. The number of benzene rings is 11. The van der Waals surface area contributed by atoms with E-state index in [0.717, 1.165) is 109 Å². The van der Waals surface area contributed by atoms with Gasteiger partial charge in [0.25, 0.3) is 0 Å². The molecule has 408 valence electrons. The van der Waals surface area contributed by atoms with Gasteiger partial charge >= 0.3 is 0 Å². The van der Waals surface area contributed by atoms with E-state index in [1.165, 1.54) is 67.3 Å². The highest BCUT2D eigenvalue weighted by Gasteiger charge is 2.43. The molecule has 2 aliphatic carbocycles. The van der Waals surface area contributed by atoms with Crippen molar-refractivity contribution in [3.63, 3.8) is 0 Å². The fourth-order valence-corrected chi connectivity index (χ4v) is 14.4. The minimum Gasteiger partial charge on any atom is -0.317 e. The molecule has 0 saturated carbocycles. The van der Waals surface area contributed by atoms with Crippen molar-refractivity contribution in [2.24, 2.45) is 0 Å². The molecule has 2 aliphatic heterocycles. The number of nitrogens with zero attached hydrogens (tertiary/aromatic N) is 2. The summed E-state index contributed by atoms with van der Waals surface area (Å²) in [6.07, 6.45) is 10.6. The van der Waals surface area contributed by atoms with Gasteiger partial charge < -0.3 is 9.80 Å². The lowest BCUT2D eigenvalue weighted by Gasteiger charge is -2.29. The van der Waals surface area contributed by atoms with Gasteiger partial charge in [-0.3, -0.25) is 0 Å². The average molecular weight is 1090 g/mol. The molecule has 11 aromatic rings. The third-order valence-electron chi connectivity index (χ3n) is 18.4. The van der Waals surface area contributed by atoms with Crippen molar-refractivity contribution in [1.29, 1.82) is 0 Å². The molecule has 2 heterocycles. The van der Waals surface area contributed by atoms with E-state index in [2.05, 4.69) is 258 Å². The van der Waals surface area contributed by atoms with Gasteiger partial charge in [-0.25, -0.2) is 5.26 Å². The molecule has 0 fully saturated rings. The molecule has 0 spiro atoms. The van der Waals surface area contributed by atoms with Crippen LogP contribution in [0.1, 0.15) is 76.4 Å². The summed E-state index contributed by atoms with van der Waals surface area (Å²) < 4.78 is 0. The van der Waals surface area contributed by atoms with Crippen LogP contribution in [0.25, 0.3) is 78.6 Å². The van der Waals surface area contributed by atoms with Gasteiger partial charge in [0.1, 0.15) is 0 Å². The summed E-state index contributed by atoms with van der Waals surface area (Å²) in [5, 5.41) is 24.0. The summed E-state index contributed by atoms with van der Waals surface area (Å²) >= 11 is 0. The number of hydrogen-bond acceptors (Lipinski definition) is 7. The topological polar surface area (TPSA) is 63.6 Å². The van der Waals surface area contributed by atoms with Gasteiger partial charge in [0.15, 0.2) is 5.60 Å².